The summed E-state index contributed by atoms with van der Waals surface area (Å²) in [6.45, 7) is 1.63. The quantitative estimate of drug-likeness (QED) is 0.323. The van der Waals surface area contributed by atoms with Crippen molar-refractivity contribution in [1.29, 1.82) is 0 Å². The third kappa shape index (κ3) is 5.04. The first-order valence-electron chi connectivity index (χ1n) is 12.3. The highest BCUT2D eigenvalue weighted by atomic mass is 16.5. The van der Waals surface area contributed by atoms with E-state index in [2.05, 4.69) is 5.32 Å². The van der Waals surface area contributed by atoms with E-state index >= 15 is 0 Å². The topological polar surface area (TPSA) is 83.1 Å². The van der Waals surface area contributed by atoms with E-state index in [1.54, 1.807) is 38.3 Å². The number of rotatable bonds is 8. The smallest absolute Gasteiger partial charge is 0.340 e. The lowest BCUT2D eigenvalue weighted by Crippen LogP contribution is -2.36. The summed E-state index contributed by atoms with van der Waals surface area (Å²) < 4.78 is 22.4. The van der Waals surface area contributed by atoms with Crippen LogP contribution < -0.4 is 19.5 Å². The van der Waals surface area contributed by atoms with Gasteiger partial charge >= 0.3 is 5.97 Å². The number of benzene rings is 4. The fraction of sp³-hybridized carbons (Fsp3) is 0.161. The van der Waals surface area contributed by atoms with Crippen molar-refractivity contribution in [1.82, 2.24) is 5.32 Å². The minimum absolute atomic E-state index is 0.0309. The van der Waals surface area contributed by atoms with Gasteiger partial charge in [0.1, 0.15) is 22.8 Å². The Bertz CT molecular complexity index is 1490. The van der Waals surface area contributed by atoms with Crippen LogP contribution in [0.5, 0.6) is 17.2 Å². The van der Waals surface area contributed by atoms with Crippen LogP contribution in [-0.4, -0.2) is 32.2 Å². The highest BCUT2D eigenvalue weighted by Gasteiger charge is 2.38. The lowest BCUT2D eigenvalue weighted by atomic mass is 9.80. The molecule has 1 N–H and O–H groups in total. The third-order valence-electron chi connectivity index (χ3n) is 6.28. The minimum Gasteiger partial charge on any atom is -0.497 e. The van der Waals surface area contributed by atoms with Gasteiger partial charge in [-0.3, -0.25) is 10.1 Å². The van der Waals surface area contributed by atoms with Crippen LogP contribution in [0.15, 0.2) is 102 Å². The molecule has 0 saturated heterocycles. The molecule has 1 heterocycles. The fourth-order valence-corrected chi connectivity index (χ4v) is 4.58. The first-order chi connectivity index (χ1) is 18.6. The van der Waals surface area contributed by atoms with E-state index in [9.17, 15) is 9.59 Å². The number of carbonyl (C=O) groups excluding carboxylic acids is 2. The lowest BCUT2D eigenvalue weighted by Gasteiger charge is -2.31. The molecule has 1 aliphatic rings. The van der Waals surface area contributed by atoms with Crippen LogP contribution in [-0.2, 0) is 14.3 Å². The van der Waals surface area contributed by atoms with Crippen molar-refractivity contribution in [2.45, 2.75) is 12.8 Å². The molecule has 0 aromatic heterocycles. The summed E-state index contributed by atoms with van der Waals surface area (Å²) in [5.41, 5.74) is 1.93. The molecule has 1 unspecified atom stereocenters. The first kappa shape index (κ1) is 24.9. The number of carbonyl (C=O) groups is 2. The molecule has 0 bridgehead atoms. The second kappa shape index (κ2) is 11.1. The van der Waals surface area contributed by atoms with Crippen LogP contribution >= 0.6 is 0 Å². The minimum atomic E-state index is -0.564. The van der Waals surface area contributed by atoms with Crippen LogP contribution in [0.3, 0.4) is 0 Å². The van der Waals surface area contributed by atoms with Crippen molar-refractivity contribution >= 4 is 22.6 Å². The molecule has 0 radical (unpaired) electrons. The van der Waals surface area contributed by atoms with Crippen LogP contribution in [0, 0.1) is 0 Å². The Balaban J connectivity index is 1.54. The average Bonchev–Trinajstić information content (AvgIpc) is 2.96. The van der Waals surface area contributed by atoms with Crippen molar-refractivity contribution < 1.29 is 28.5 Å². The maximum Gasteiger partial charge on any atom is 0.340 e. The summed E-state index contributed by atoms with van der Waals surface area (Å²) in [5, 5.41) is 4.72. The molecule has 5 rings (SSSR count). The van der Waals surface area contributed by atoms with E-state index in [-0.39, 0.29) is 24.7 Å². The van der Waals surface area contributed by atoms with Gasteiger partial charge in [0.05, 0.1) is 19.6 Å². The summed E-state index contributed by atoms with van der Waals surface area (Å²) in [7, 11) is 1.58. The number of esters is 1. The normalized spacial score (nSPS) is 14.3. The highest BCUT2D eigenvalue weighted by Crippen LogP contribution is 2.46. The Morgan fingerprint density at radius 2 is 1.58 bits per heavy atom. The van der Waals surface area contributed by atoms with Gasteiger partial charge in [-0.2, -0.15) is 0 Å². The molecule has 4 aromatic carbocycles. The molecule has 38 heavy (non-hydrogen) atoms. The van der Waals surface area contributed by atoms with Gasteiger partial charge in [-0.1, -0.05) is 60.7 Å². The monoisotopic (exact) mass is 509 g/mol. The summed E-state index contributed by atoms with van der Waals surface area (Å²) in [6.07, 6.45) is 0. The molecule has 1 atom stereocenters. The number of nitrogens with one attached hydrogen (secondary N) is 1. The Morgan fingerprint density at radius 3 is 2.32 bits per heavy atom. The molecule has 0 aliphatic carbocycles. The van der Waals surface area contributed by atoms with Gasteiger partial charge < -0.3 is 18.9 Å². The molecular weight excluding hydrogens is 482 g/mol. The second-order valence-electron chi connectivity index (χ2n) is 8.62. The maximum absolute atomic E-state index is 13.4. The van der Waals surface area contributed by atoms with E-state index in [0.29, 0.717) is 17.2 Å². The van der Waals surface area contributed by atoms with Crippen LogP contribution in [0.1, 0.15) is 24.0 Å². The van der Waals surface area contributed by atoms with Crippen molar-refractivity contribution in [2.24, 2.45) is 0 Å². The zero-order chi connectivity index (χ0) is 26.5. The molecular formula is C31H27NO6. The van der Waals surface area contributed by atoms with Gasteiger partial charge in [0, 0.05) is 5.56 Å². The molecule has 0 spiro atoms. The molecule has 0 saturated carbocycles. The van der Waals surface area contributed by atoms with E-state index in [4.69, 9.17) is 18.9 Å². The predicted octanol–water partition coefficient (Wildman–Crippen LogP) is 5.34. The predicted molar refractivity (Wildman–Crippen MR) is 143 cm³/mol. The van der Waals surface area contributed by atoms with Gasteiger partial charge in [-0.25, -0.2) is 4.79 Å². The van der Waals surface area contributed by atoms with Gasteiger partial charge in [0.2, 0.25) is 5.88 Å². The van der Waals surface area contributed by atoms with Gasteiger partial charge in [0.15, 0.2) is 6.61 Å². The summed E-state index contributed by atoms with van der Waals surface area (Å²) in [6, 6.07) is 28.3. The SMILES string of the molecule is CCOC(=O)C1=C(NC(=O)COc2ccc(OC)cc2)Oc2ccc3ccccc3c2C1c1ccccc1. The lowest BCUT2D eigenvalue weighted by molar-refractivity contribution is -0.139. The summed E-state index contributed by atoms with van der Waals surface area (Å²) in [5.74, 6) is 0.201. The molecule has 7 heteroatoms. The number of fused-ring (bicyclic) bond motifs is 3. The van der Waals surface area contributed by atoms with E-state index in [1.165, 1.54) is 0 Å². The van der Waals surface area contributed by atoms with E-state index in [1.807, 2.05) is 66.7 Å². The molecule has 1 aliphatic heterocycles. The first-order valence-corrected chi connectivity index (χ1v) is 12.3. The molecule has 1 amide bonds. The van der Waals surface area contributed by atoms with Gasteiger partial charge in [-0.05, 0) is 53.6 Å². The van der Waals surface area contributed by atoms with E-state index < -0.39 is 17.8 Å². The highest BCUT2D eigenvalue weighted by molar-refractivity contribution is 5.97. The number of hydrogen-bond donors (Lipinski definition) is 1. The standard InChI is InChI=1S/C31H27NO6/c1-3-36-31(34)29-27(21-10-5-4-6-11-21)28-24-12-8-7-9-20(24)13-18-25(28)38-30(29)32-26(33)19-37-23-16-14-22(35-2)15-17-23/h4-18,27H,3,19H2,1-2H3,(H,32,33). The maximum atomic E-state index is 13.4. The number of amides is 1. The average molecular weight is 510 g/mol. The van der Waals surface area contributed by atoms with Crippen LogP contribution in [0.4, 0.5) is 0 Å². The number of ether oxygens (including phenoxy) is 4. The van der Waals surface area contributed by atoms with Gasteiger partial charge in [-0.15, -0.1) is 0 Å². The Hall–Kier alpha value is -4.78. The van der Waals surface area contributed by atoms with Crippen LogP contribution in [0.2, 0.25) is 0 Å². The molecule has 4 aromatic rings. The summed E-state index contributed by atoms with van der Waals surface area (Å²) in [4.78, 5) is 26.4. The number of hydrogen-bond acceptors (Lipinski definition) is 6. The third-order valence-corrected chi connectivity index (χ3v) is 6.28. The Morgan fingerprint density at radius 1 is 0.868 bits per heavy atom. The largest absolute Gasteiger partial charge is 0.497 e. The van der Waals surface area contributed by atoms with E-state index in [0.717, 1.165) is 21.9 Å². The molecule has 0 fully saturated rings. The molecule has 7 nitrogen and oxygen atoms in total. The summed E-state index contributed by atoms with van der Waals surface area (Å²) >= 11 is 0. The fourth-order valence-electron chi connectivity index (χ4n) is 4.58. The van der Waals surface area contributed by atoms with Crippen LogP contribution in [0.25, 0.3) is 10.8 Å². The molecule has 192 valence electrons. The van der Waals surface area contributed by atoms with Crippen molar-refractivity contribution in [3.63, 3.8) is 0 Å². The Labute approximate surface area is 220 Å². The Kier molecular flexibility index (Phi) is 7.26. The van der Waals surface area contributed by atoms with Crippen molar-refractivity contribution in [2.75, 3.05) is 20.3 Å². The number of methoxy groups -OCH3 is 1. The zero-order valence-electron chi connectivity index (χ0n) is 21.1. The second-order valence-corrected chi connectivity index (χ2v) is 8.62. The van der Waals surface area contributed by atoms with Crippen molar-refractivity contribution in [3.05, 3.63) is 114 Å². The van der Waals surface area contributed by atoms with Crippen molar-refractivity contribution in [3.8, 4) is 17.2 Å². The zero-order valence-corrected chi connectivity index (χ0v) is 21.1. The van der Waals surface area contributed by atoms with Gasteiger partial charge in [0.25, 0.3) is 5.91 Å².